The topological polar surface area (TPSA) is 59.6 Å². The zero-order valence-electron chi connectivity index (χ0n) is 14.3. The summed E-state index contributed by atoms with van der Waals surface area (Å²) in [5.41, 5.74) is 4.27. The quantitative estimate of drug-likeness (QED) is 0.718. The standard InChI is InChI=1S/C21H18N2O3/c1-14-3-2-4-15(11-14)21(24)23-17-7-5-16(6-8-17)22-18-9-10-19-20(12-18)26-13-25-19/h2-12,22H,13H2,1H3,(H,23,24). The van der Waals surface area contributed by atoms with Gasteiger partial charge in [0.1, 0.15) is 0 Å². The molecule has 26 heavy (non-hydrogen) atoms. The molecule has 0 radical (unpaired) electrons. The summed E-state index contributed by atoms with van der Waals surface area (Å²) in [6, 6.07) is 20.8. The second kappa shape index (κ2) is 6.80. The van der Waals surface area contributed by atoms with E-state index in [0.717, 1.165) is 34.1 Å². The predicted octanol–water partition coefficient (Wildman–Crippen LogP) is 4.72. The van der Waals surface area contributed by atoms with Crippen LogP contribution in [0, 0.1) is 6.92 Å². The van der Waals surface area contributed by atoms with Crippen molar-refractivity contribution in [3.8, 4) is 11.5 Å². The summed E-state index contributed by atoms with van der Waals surface area (Å²) in [6.45, 7) is 2.22. The van der Waals surface area contributed by atoms with E-state index in [9.17, 15) is 4.79 Å². The Morgan fingerprint density at radius 2 is 1.58 bits per heavy atom. The van der Waals surface area contributed by atoms with Crippen molar-refractivity contribution >= 4 is 23.0 Å². The molecular weight excluding hydrogens is 328 g/mol. The zero-order chi connectivity index (χ0) is 17.9. The lowest BCUT2D eigenvalue weighted by Crippen LogP contribution is -2.11. The van der Waals surface area contributed by atoms with Crippen LogP contribution in [-0.2, 0) is 0 Å². The molecule has 0 fully saturated rings. The average molecular weight is 346 g/mol. The van der Waals surface area contributed by atoms with E-state index in [1.54, 1.807) is 6.07 Å². The molecule has 0 bridgehead atoms. The Morgan fingerprint density at radius 1 is 0.846 bits per heavy atom. The number of nitrogens with one attached hydrogen (secondary N) is 2. The third kappa shape index (κ3) is 3.47. The summed E-state index contributed by atoms with van der Waals surface area (Å²) >= 11 is 0. The molecule has 0 spiro atoms. The number of fused-ring (bicyclic) bond motifs is 1. The van der Waals surface area contributed by atoms with E-state index in [-0.39, 0.29) is 12.7 Å². The SMILES string of the molecule is Cc1cccc(C(=O)Nc2ccc(Nc3ccc4c(c3)OCO4)cc2)c1. The Bertz CT molecular complexity index is 952. The highest BCUT2D eigenvalue weighted by molar-refractivity contribution is 6.04. The summed E-state index contributed by atoms with van der Waals surface area (Å²) in [5, 5.41) is 6.21. The van der Waals surface area contributed by atoms with E-state index in [0.29, 0.717) is 5.56 Å². The van der Waals surface area contributed by atoms with Crippen LogP contribution in [0.25, 0.3) is 0 Å². The minimum absolute atomic E-state index is 0.120. The summed E-state index contributed by atoms with van der Waals surface area (Å²) in [7, 11) is 0. The molecule has 0 aromatic heterocycles. The Kier molecular flexibility index (Phi) is 4.19. The molecule has 130 valence electrons. The van der Waals surface area contributed by atoms with Crippen LogP contribution in [0.15, 0.2) is 66.7 Å². The Balaban J connectivity index is 1.43. The van der Waals surface area contributed by atoms with E-state index in [4.69, 9.17) is 9.47 Å². The summed E-state index contributed by atoms with van der Waals surface area (Å²) in [6.07, 6.45) is 0. The molecule has 4 rings (SSSR count). The van der Waals surface area contributed by atoms with E-state index >= 15 is 0 Å². The van der Waals surface area contributed by atoms with Crippen molar-refractivity contribution in [2.24, 2.45) is 0 Å². The number of rotatable bonds is 4. The first kappa shape index (κ1) is 16.0. The van der Waals surface area contributed by atoms with Crippen LogP contribution in [0.5, 0.6) is 11.5 Å². The van der Waals surface area contributed by atoms with E-state index < -0.39 is 0 Å². The van der Waals surface area contributed by atoms with Gasteiger partial charge in [0, 0.05) is 28.7 Å². The monoisotopic (exact) mass is 346 g/mol. The second-order valence-corrected chi connectivity index (χ2v) is 6.09. The Labute approximate surface area is 151 Å². The molecule has 0 atom stereocenters. The van der Waals surface area contributed by atoms with Gasteiger partial charge in [0.2, 0.25) is 6.79 Å². The van der Waals surface area contributed by atoms with Crippen LogP contribution in [0.1, 0.15) is 15.9 Å². The van der Waals surface area contributed by atoms with Crippen LogP contribution in [-0.4, -0.2) is 12.7 Å². The Morgan fingerprint density at radius 3 is 2.38 bits per heavy atom. The predicted molar refractivity (Wildman–Crippen MR) is 101 cm³/mol. The van der Waals surface area contributed by atoms with Gasteiger partial charge in [-0.05, 0) is 55.5 Å². The molecule has 0 unspecified atom stereocenters. The molecule has 0 saturated heterocycles. The van der Waals surface area contributed by atoms with Gasteiger partial charge in [0.25, 0.3) is 5.91 Å². The molecule has 5 nitrogen and oxygen atoms in total. The highest BCUT2D eigenvalue weighted by atomic mass is 16.7. The first-order valence-electron chi connectivity index (χ1n) is 8.32. The fourth-order valence-corrected chi connectivity index (χ4v) is 2.77. The first-order chi connectivity index (χ1) is 12.7. The lowest BCUT2D eigenvalue weighted by atomic mass is 10.1. The van der Waals surface area contributed by atoms with Gasteiger partial charge in [-0.1, -0.05) is 17.7 Å². The molecule has 3 aromatic carbocycles. The third-order valence-corrected chi connectivity index (χ3v) is 4.08. The van der Waals surface area contributed by atoms with Crippen molar-refractivity contribution in [3.63, 3.8) is 0 Å². The lowest BCUT2D eigenvalue weighted by molar-refractivity contribution is 0.102. The lowest BCUT2D eigenvalue weighted by Gasteiger charge is -2.09. The van der Waals surface area contributed by atoms with Gasteiger partial charge >= 0.3 is 0 Å². The number of hydrogen-bond donors (Lipinski definition) is 2. The van der Waals surface area contributed by atoms with Gasteiger partial charge in [-0.2, -0.15) is 0 Å². The van der Waals surface area contributed by atoms with Crippen LogP contribution < -0.4 is 20.1 Å². The van der Waals surface area contributed by atoms with E-state index in [1.807, 2.05) is 67.6 Å². The third-order valence-electron chi connectivity index (χ3n) is 4.08. The molecule has 0 aliphatic carbocycles. The molecule has 0 saturated carbocycles. The van der Waals surface area contributed by atoms with Gasteiger partial charge in [0.15, 0.2) is 11.5 Å². The van der Waals surface area contributed by atoms with Crippen LogP contribution >= 0.6 is 0 Å². The van der Waals surface area contributed by atoms with Crippen molar-refractivity contribution in [2.75, 3.05) is 17.4 Å². The number of hydrogen-bond acceptors (Lipinski definition) is 4. The van der Waals surface area contributed by atoms with Crippen LogP contribution in [0.4, 0.5) is 17.1 Å². The first-order valence-corrected chi connectivity index (χ1v) is 8.32. The van der Waals surface area contributed by atoms with Crippen molar-refractivity contribution in [3.05, 3.63) is 77.9 Å². The maximum atomic E-state index is 12.3. The summed E-state index contributed by atoms with van der Waals surface area (Å²) in [4.78, 5) is 12.3. The molecule has 1 aliphatic rings. The smallest absolute Gasteiger partial charge is 0.255 e. The largest absolute Gasteiger partial charge is 0.454 e. The summed E-state index contributed by atoms with van der Waals surface area (Å²) < 4.78 is 10.7. The maximum Gasteiger partial charge on any atom is 0.255 e. The molecule has 1 aliphatic heterocycles. The molecule has 2 N–H and O–H groups in total. The number of amides is 1. The number of benzene rings is 3. The number of ether oxygens (including phenoxy) is 2. The van der Waals surface area contributed by atoms with Gasteiger partial charge in [0.05, 0.1) is 0 Å². The van der Waals surface area contributed by atoms with Crippen molar-refractivity contribution in [1.29, 1.82) is 0 Å². The minimum atomic E-state index is -0.120. The fourth-order valence-electron chi connectivity index (χ4n) is 2.77. The number of carbonyl (C=O) groups is 1. The maximum absolute atomic E-state index is 12.3. The fraction of sp³-hybridized carbons (Fsp3) is 0.0952. The second-order valence-electron chi connectivity index (χ2n) is 6.09. The number of aryl methyl sites for hydroxylation is 1. The number of anilines is 3. The Hall–Kier alpha value is -3.47. The van der Waals surface area contributed by atoms with Gasteiger partial charge < -0.3 is 20.1 Å². The highest BCUT2D eigenvalue weighted by Gasteiger charge is 2.13. The van der Waals surface area contributed by atoms with Crippen molar-refractivity contribution in [1.82, 2.24) is 0 Å². The molecule has 1 heterocycles. The highest BCUT2D eigenvalue weighted by Crippen LogP contribution is 2.35. The van der Waals surface area contributed by atoms with E-state index in [1.165, 1.54) is 0 Å². The van der Waals surface area contributed by atoms with Gasteiger partial charge in [-0.25, -0.2) is 0 Å². The normalized spacial score (nSPS) is 11.9. The summed E-state index contributed by atoms with van der Waals surface area (Å²) in [5.74, 6) is 1.37. The molecule has 1 amide bonds. The van der Waals surface area contributed by atoms with Crippen LogP contribution in [0.2, 0.25) is 0 Å². The van der Waals surface area contributed by atoms with Gasteiger partial charge in [-0.15, -0.1) is 0 Å². The minimum Gasteiger partial charge on any atom is -0.454 e. The van der Waals surface area contributed by atoms with E-state index in [2.05, 4.69) is 10.6 Å². The van der Waals surface area contributed by atoms with Gasteiger partial charge in [-0.3, -0.25) is 4.79 Å². The molecular formula is C21H18N2O3. The van der Waals surface area contributed by atoms with Crippen molar-refractivity contribution < 1.29 is 14.3 Å². The molecule has 5 heteroatoms. The van der Waals surface area contributed by atoms with Crippen LogP contribution in [0.3, 0.4) is 0 Å². The average Bonchev–Trinajstić information content (AvgIpc) is 3.11. The van der Waals surface area contributed by atoms with Crippen molar-refractivity contribution in [2.45, 2.75) is 6.92 Å². The zero-order valence-corrected chi connectivity index (χ0v) is 14.3. The molecule has 3 aromatic rings. The number of carbonyl (C=O) groups excluding carboxylic acids is 1.